The zero-order chi connectivity index (χ0) is 17.1. The maximum atomic E-state index is 6.27. The molecule has 1 atom stereocenters. The molecule has 2 aliphatic rings. The molecule has 2 N–H and O–H groups in total. The zero-order valence-electron chi connectivity index (χ0n) is 14.3. The van der Waals surface area contributed by atoms with E-state index < -0.39 is 0 Å². The van der Waals surface area contributed by atoms with Crippen molar-refractivity contribution in [2.75, 3.05) is 20.1 Å². The van der Waals surface area contributed by atoms with E-state index in [0.717, 1.165) is 34.7 Å². The Labute approximate surface area is 158 Å². The number of nitrogens with zero attached hydrogens (tertiary/aromatic N) is 1. The Bertz CT molecular complexity index is 645. The van der Waals surface area contributed by atoms with E-state index in [0.29, 0.717) is 5.92 Å². The molecule has 0 radical (unpaired) electrons. The van der Waals surface area contributed by atoms with Crippen LogP contribution in [0.5, 0.6) is 0 Å². The van der Waals surface area contributed by atoms with Crippen LogP contribution in [0, 0.1) is 5.92 Å². The molecule has 24 heavy (non-hydrogen) atoms. The number of hydrogen-bond donors (Lipinski definition) is 1. The van der Waals surface area contributed by atoms with Crippen LogP contribution in [0.25, 0.3) is 0 Å². The Morgan fingerprint density at radius 1 is 1.29 bits per heavy atom. The third-order valence-electron chi connectivity index (χ3n) is 5.54. The van der Waals surface area contributed by atoms with Gasteiger partial charge >= 0.3 is 0 Å². The highest BCUT2D eigenvalue weighted by Gasteiger charge is 2.30. The van der Waals surface area contributed by atoms with Crippen LogP contribution < -0.4 is 5.73 Å². The largest absolute Gasteiger partial charge is 0.404 e. The van der Waals surface area contributed by atoms with E-state index in [-0.39, 0.29) is 0 Å². The van der Waals surface area contributed by atoms with E-state index in [9.17, 15) is 0 Å². The molecular formula is C20H26BrClN2. The second-order valence-corrected chi connectivity index (χ2v) is 8.50. The predicted octanol–water partition coefficient (Wildman–Crippen LogP) is 5.22. The lowest BCUT2D eigenvalue weighted by molar-refractivity contribution is 0.197. The summed E-state index contributed by atoms with van der Waals surface area (Å²) in [5, 5.41) is 0.853. The number of benzene rings is 1. The van der Waals surface area contributed by atoms with E-state index in [2.05, 4.69) is 52.2 Å². The summed E-state index contributed by atoms with van der Waals surface area (Å²) in [5.74, 6) is 1.35. The van der Waals surface area contributed by atoms with Gasteiger partial charge in [-0.05, 0) is 109 Å². The highest BCUT2D eigenvalue weighted by Crippen LogP contribution is 2.42. The molecule has 1 aliphatic carbocycles. The minimum absolute atomic E-state index is 0.595. The van der Waals surface area contributed by atoms with Crippen LogP contribution in [-0.4, -0.2) is 25.0 Å². The summed E-state index contributed by atoms with van der Waals surface area (Å²) < 4.78 is 0.976. The number of halogens is 2. The third kappa shape index (κ3) is 4.25. The quantitative estimate of drug-likeness (QED) is 0.678. The normalized spacial score (nSPS) is 25.5. The lowest BCUT2D eigenvalue weighted by Gasteiger charge is -2.35. The van der Waals surface area contributed by atoms with Crippen LogP contribution in [0.4, 0.5) is 0 Å². The topological polar surface area (TPSA) is 29.3 Å². The summed E-state index contributed by atoms with van der Waals surface area (Å²) in [4.78, 5) is 2.44. The molecule has 1 heterocycles. The highest BCUT2D eigenvalue weighted by atomic mass is 79.9. The molecule has 0 spiro atoms. The van der Waals surface area contributed by atoms with Crippen molar-refractivity contribution in [2.24, 2.45) is 11.7 Å². The molecule has 0 saturated carbocycles. The number of piperidine rings is 1. The molecule has 2 nitrogen and oxygen atoms in total. The smallest absolute Gasteiger partial charge is 0.0408 e. The van der Waals surface area contributed by atoms with E-state index in [1.165, 1.54) is 42.6 Å². The van der Waals surface area contributed by atoms with Gasteiger partial charge in [0, 0.05) is 15.7 Å². The van der Waals surface area contributed by atoms with Crippen LogP contribution >= 0.6 is 27.5 Å². The Kier molecular flexibility index (Phi) is 6.07. The van der Waals surface area contributed by atoms with Crippen LogP contribution in [0.1, 0.15) is 42.7 Å². The van der Waals surface area contributed by atoms with Gasteiger partial charge in [-0.15, -0.1) is 0 Å². The first kappa shape index (κ1) is 18.0. The van der Waals surface area contributed by atoms with Gasteiger partial charge in [-0.2, -0.15) is 0 Å². The van der Waals surface area contributed by atoms with Gasteiger partial charge in [0.1, 0.15) is 0 Å². The molecule has 4 heteroatoms. The van der Waals surface area contributed by atoms with Gasteiger partial charge in [-0.25, -0.2) is 0 Å². The molecule has 1 aliphatic heterocycles. The van der Waals surface area contributed by atoms with Gasteiger partial charge in [0.15, 0.2) is 0 Å². The number of allylic oxidation sites excluding steroid dienone is 3. The van der Waals surface area contributed by atoms with Crippen LogP contribution in [-0.2, 0) is 6.42 Å². The fraction of sp³-hybridized carbons (Fsp3) is 0.500. The van der Waals surface area contributed by atoms with Crippen molar-refractivity contribution in [3.05, 3.63) is 56.7 Å². The van der Waals surface area contributed by atoms with Crippen molar-refractivity contribution in [2.45, 2.75) is 38.0 Å². The first-order chi connectivity index (χ1) is 11.6. The van der Waals surface area contributed by atoms with Gasteiger partial charge in [-0.1, -0.05) is 23.2 Å². The SMILES string of the molecule is CN1CCC(C2C/C(=C\C(Br)=C/N)CCc3cc(Cl)ccc32)CC1. The molecule has 1 unspecified atom stereocenters. The molecule has 0 bridgehead atoms. The number of aryl methyl sites for hydroxylation is 1. The number of likely N-dealkylation sites (tertiary alicyclic amines) is 1. The Hall–Kier alpha value is -0.770. The number of hydrogen-bond acceptors (Lipinski definition) is 2. The molecule has 3 rings (SSSR count). The lowest BCUT2D eigenvalue weighted by atomic mass is 9.76. The van der Waals surface area contributed by atoms with Gasteiger partial charge in [0.05, 0.1) is 0 Å². The molecule has 1 saturated heterocycles. The average molecular weight is 410 g/mol. The van der Waals surface area contributed by atoms with Crippen LogP contribution in [0.2, 0.25) is 5.02 Å². The summed E-state index contributed by atoms with van der Waals surface area (Å²) in [6.07, 6.45) is 9.69. The number of fused-ring (bicyclic) bond motifs is 1. The van der Waals surface area contributed by atoms with Gasteiger partial charge in [0.25, 0.3) is 0 Å². The Morgan fingerprint density at radius 3 is 2.75 bits per heavy atom. The maximum Gasteiger partial charge on any atom is 0.0408 e. The van der Waals surface area contributed by atoms with Crippen molar-refractivity contribution in [1.29, 1.82) is 0 Å². The van der Waals surface area contributed by atoms with Crippen molar-refractivity contribution >= 4 is 27.5 Å². The second kappa shape index (κ2) is 8.07. The summed E-state index contributed by atoms with van der Waals surface area (Å²) >= 11 is 9.81. The fourth-order valence-electron chi connectivity index (χ4n) is 4.17. The zero-order valence-corrected chi connectivity index (χ0v) is 16.6. The first-order valence-electron chi connectivity index (χ1n) is 8.80. The predicted molar refractivity (Wildman–Crippen MR) is 107 cm³/mol. The minimum atomic E-state index is 0.595. The monoisotopic (exact) mass is 408 g/mol. The molecule has 0 aromatic heterocycles. The summed E-state index contributed by atoms with van der Waals surface area (Å²) in [5.41, 5.74) is 10.1. The van der Waals surface area contributed by atoms with Crippen molar-refractivity contribution < 1.29 is 0 Å². The third-order valence-corrected chi connectivity index (χ3v) is 6.26. The Balaban J connectivity index is 1.93. The van der Waals surface area contributed by atoms with Gasteiger partial charge in [-0.3, -0.25) is 0 Å². The van der Waals surface area contributed by atoms with E-state index >= 15 is 0 Å². The van der Waals surface area contributed by atoms with Crippen molar-refractivity contribution in [3.63, 3.8) is 0 Å². The van der Waals surface area contributed by atoms with E-state index in [1.54, 1.807) is 6.20 Å². The first-order valence-corrected chi connectivity index (χ1v) is 9.97. The standard InChI is InChI=1S/C20H26BrClN2/c1-24-8-6-15(7-9-24)20-11-14(10-17(21)13-23)2-3-16-12-18(22)4-5-19(16)20/h4-5,10,12-13,15,20H,2-3,6-9,11,23H2,1H3/b14-10-,17-13+. The summed E-state index contributed by atoms with van der Waals surface area (Å²) in [6.45, 7) is 2.41. The molecule has 1 fully saturated rings. The molecule has 1 aromatic rings. The molecule has 0 amide bonds. The fourth-order valence-corrected chi connectivity index (χ4v) is 4.69. The average Bonchev–Trinajstić information content (AvgIpc) is 2.75. The lowest BCUT2D eigenvalue weighted by Crippen LogP contribution is -2.32. The van der Waals surface area contributed by atoms with E-state index in [1.807, 2.05) is 0 Å². The number of rotatable bonds is 2. The summed E-state index contributed by atoms with van der Waals surface area (Å²) in [6, 6.07) is 6.51. The second-order valence-electron chi connectivity index (χ2n) is 7.15. The van der Waals surface area contributed by atoms with Gasteiger partial charge in [0.2, 0.25) is 0 Å². The Morgan fingerprint density at radius 2 is 2.04 bits per heavy atom. The van der Waals surface area contributed by atoms with Crippen LogP contribution in [0.15, 0.2) is 40.5 Å². The summed E-state index contributed by atoms with van der Waals surface area (Å²) in [7, 11) is 2.23. The van der Waals surface area contributed by atoms with Crippen molar-refractivity contribution in [1.82, 2.24) is 4.90 Å². The molecule has 130 valence electrons. The minimum Gasteiger partial charge on any atom is -0.404 e. The van der Waals surface area contributed by atoms with Crippen molar-refractivity contribution in [3.8, 4) is 0 Å². The van der Waals surface area contributed by atoms with Gasteiger partial charge < -0.3 is 10.6 Å². The van der Waals surface area contributed by atoms with E-state index in [4.69, 9.17) is 17.3 Å². The van der Waals surface area contributed by atoms with Crippen LogP contribution in [0.3, 0.4) is 0 Å². The number of nitrogens with two attached hydrogens (primary N) is 1. The molecule has 1 aromatic carbocycles. The highest BCUT2D eigenvalue weighted by molar-refractivity contribution is 9.11. The molecular weight excluding hydrogens is 384 g/mol. The maximum absolute atomic E-state index is 6.27.